The third-order valence-electron chi connectivity index (χ3n) is 6.56. The van der Waals surface area contributed by atoms with Crippen molar-refractivity contribution in [2.45, 2.75) is 45.4 Å². The summed E-state index contributed by atoms with van der Waals surface area (Å²) in [4.78, 5) is 25.4. The molecular weight excluding hydrogens is 378 g/mol. The van der Waals surface area contributed by atoms with Crippen LogP contribution in [0.5, 0.6) is 0 Å². The van der Waals surface area contributed by atoms with Crippen LogP contribution in [-0.2, 0) is 9.59 Å². The highest BCUT2D eigenvalue weighted by molar-refractivity contribution is 9.10. The average molecular weight is 399 g/mol. The van der Waals surface area contributed by atoms with E-state index in [2.05, 4.69) is 21.2 Å². The molecule has 1 aromatic carbocycles. The molecule has 0 heterocycles. The van der Waals surface area contributed by atoms with Crippen molar-refractivity contribution in [1.29, 1.82) is 0 Å². The number of halogens is 2. The predicted molar refractivity (Wildman–Crippen MR) is 96.1 cm³/mol. The van der Waals surface area contributed by atoms with Gasteiger partial charge in [-0.05, 0) is 42.9 Å². The summed E-state index contributed by atoms with van der Waals surface area (Å²) in [5.74, 6) is 0.0460. The zero-order valence-corrected chi connectivity index (χ0v) is 16.1. The number of aryl methyl sites for hydroxylation is 1. The van der Waals surface area contributed by atoms with Gasteiger partial charge in [0.05, 0.1) is 10.2 Å². The van der Waals surface area contributed by atoms with Crippen molar-refractivity contribution in [1.82, 2.24) is 0 Å². The first kappa shape index (κ1) is 17.0. The Kier molecular flexibility index (Phi) is 3.73. The Hall–Kier alpha value is -0.870. The Balaban J connectivity index is 1.98. The fraction of sp³-hybridized carbons (Fsp3) is 0.556. The molecule has 2 bridgehead atoms. The van der Waals surface area contributed by atoms with Crippen LogP contribution in [0.1, 0.15) is 39.2 Å². The fourth-order valence-corrected chi connectivity index (χ4v) is 6.06. The highest BCUT2D eigenvalue weighted by Gasteiger charge is 2.76. The van der Waals surface area contributed by atoms with E-state index in [1.165, 1.54) is 0 Å². The Bertz CT molecular complexity index is 717. The molecule has 1 amide bonds. The topological polar surface area (TPSA) is 46.2 Å². The molecule has 1 aromatic rings. The van der Waals surface area contributed by atoms with Crippen molar-refractivity contribution < 1.29 is 9.59 Å². The number of anilines is 1. The molecule has 0 aromatic heterocycles. The van der Waals surface area contributed by atoms with Crippen LogP contribution in [-0.4, -0.2) is 16.5 Å². The SMILES string of the molecule is Cc1ccc(NC(=O)C23CCC(C)(C(=O)C2Br)C3(C)C)cc1Cl. The number of alkyl halides is 1. The maximum atomic E-state index is 13.2. The largest absolute Gasteiger partial charge is 0.325 e. The molecule has 5 heteroatoms. The Morgan fingerprint density at radius 2 is 1.96 bits per heavy atom. The lowest BCUT2D eigenvalue weighted by Gasteiger charge is -2.39. The highest BCUT2D eigenvalue weighted by Crippen LogP contribution is 2.72. The summed E-state index contributed by atoms with van der Waals surface area (Å²) in [7, 11) is 0. The molecule has 124 valence electrons. The molecule has 0 spiro atoms. The molecule has 2 fully saturated rings. The van der Waals surface area contributed by atoms with Crippen LogP contribution in [0.4, 0.5) is 5.69 Å². The van der Waals surface area contributed by atoms with E-state index in [1.54, 1.807) is 6.07 Å². The molecule has 3 rings (SSSR count). The van der Waals surface area contributed by atoms with Gasteiger partial charge in [-0.1, -0.05) is 54.4 Å². The van der Waals surface area contributed by atoms with Crippen LogP contribution >= 0.6 is 27.5 Å². The van der Waals surface area contributed by atoms with Gasteiger partial charge in [-0.15, -0.1) is 0 Å². The fourth-order valence-electron chi connectivity index (χ4n) is 4.37. The van der Waals surface area contributed by atoms with Crippen molar-refractivity contribution >= 4 is 44.9 Å². The van der Waals surface area contributed by atoms with E-state index in [-0.39, 0.29) is 11.7 Å². The van der Waals surface area contributed by atoms with Gasteiger partial charge in [0.2, 0.25) is 5.91 Å². The first-order chi connectivity index (χ1) is 10.6. The number of amides is 1. The van der Waals surface area contributed by atoms with E-state index in [0.29, 0.717) is 17.1 Å². The minimum absolute atomic E-state index is 0.0983. The van der Waals surface area contributed by atoms with E-state index >= 15 is 0 Å². The van der Waals surface area contributed by atoms with E-state index in [0.717, 1.165) is 12.0 Å². The van der Waals surface area contributed by atoms with Gasteiger partial charge in [0.1, 0.15) is 0 Å². The molecule has 3 unspecified atom stereocenters. The zero-order chi connectivity index (χ0) is 17.2. The Morgan fingerprint density at radius 1 is 1.30 bits per heavy atom. The van der Waals surface area contributed by atoms with Gasteiger partial charge in [-0.25, -0.2) is 0 Å². The lowest BCUT2D eigenvalue weighted by molar-refractivity contribution is -0.130. The third-order valence-corrected chi connectivity index (χ3v) is 8.16. The minimum Gasteiger partial charge on any atom is -0.325 e. The molecular formula is C18H21BrClNO2. The van der Waals surface area contributed by atoms with Gasteiger partial charge in [0.25, 0.3) is 0 Å². The van der Waals surface area contributed by atoms with Gasteiger partial charge in [0.15, 0.2) is 5.78 Å². The number of fused-ring (bicyclic) bond motifs is 2. The number of rotatable bonds is 2. The number of benzene rings is 1. The second-order valence-corrected chi connectivity index (χ2v) is 8.90. The monoisotopic (exact) mass is 397 g/mol. The van der Waals surface area contributed by atoms with Crippen molar-refractivity contribution in [2.75, 3.05) is 5.32 Å². The third kappa shape index (κ3) is 1.94. The van der Waals surface area contributed by atoms with Crippen molar-refractivity contribution in [3.05, 3.63) is 28.8 Å². The predicted octanol–water partition coefficient (Wildman–Crippen LogP) is 4.75. The van der Waals surface area contributed by atoms with E-state index in [1.807, 2.05) is 39.8 Å². The Labute approximate surface area is 150 Å². The molecule has 0 saturated heterocycles. The van der Waals surface area contributed by atoms with Gasteiger partial charge >= 0.3 is 0 Å². The average Bonchev–Trinajstić information content (AvgIpc) is 2.75. The van der Waals surface area contributed by atoms with Gasteiger partial charge in [-0.3, -0.25) is 9.59 Å². The molecule has 23 heavy (non-hydrogen) atoms. The summed E-state index contributed by atoms with van der Waals surface area (Å²) >= 11 is 9.68. The molecule has 2 aliphatic carbocycles. The van der Waals surface area contributed by atoms with E-state index < -0.39 is 21.1 Å². The second kappa shape index (κ2) is 5.06. The number of ketones is 1. The van der Waals surface area contributed by atoms with Gasteiger partial charge in [-0.2, -0.15) is 0 Å². The number of hydrogen-bond acceptors (Lipinski definition) is 2. The standard InChI is InChI=1S/C18H21BrClNO2/c1-10-5-6-11(9-12(10)20)21-15(23)18-8-7-17(4,16(18,2)3)14(22)13(18)19/h5-6,9,13H,7-8H2,1-4H3,(H,21,23). The maximum Gasteiger partial charge on any atom is 0.232 e. The lowest BCUT2D eigenvalue weighted by Crippen LogP contribution is -2.47. The maximum absolute atomic E-state index is 13.2. The van der Waals surface area contributed by atoms with Crippen LogP contribution in [0.15, 0.2) is 18.2 Å². The number of carbonyl (C=O) groups is 2. The van der Waals surface area contributed by atoms with E-state index in [9.17, 15) is 9.59 Å². The number of nitrogens with one attached hydrogen (secondary N) is 1. The van der Waals surface area contributed by atoms with Crippen LogP contribution < -0.4 is 5.32 Å². The number of Topliss-reactive ketones (excluding diaryl/α,β-unsaturated/α-hetero) is 1. The lowest BCUT2D eigenvalue weighted by atomic mass is 9.64. The number of hydrogen-bond donors (Lipinski definition) is 1. The molecule has 2 saturated carbocycles. The van der Waals surface area contributed by atoms with Gasteiger partial charge in [0, 0.05) is 16.1 Å². The molecule has 3 nitrogen and oxygen atoms in total. The van der Waals surface area contributed by atoms with Crippen LogP contribution in [0.2, 0.25) is 5.02 Å². The molecule has 2 aliphatic rings. The van der Waals surface area contributed by atoms with E-state index in [4.69, 9.17) is 11.6 Å². The summed E-state index contributed by atoms with van der Waals surface area (Å²) < 4.78 is 0. The minimum atomic E-state index is -0.726. The summed E-state index contributed by atoms with van der Waals surface area (Å²) in [6.45, 7) is 8.00. The summed E-state index contributed by atoms with van der Waals surface area (Å²) in [5.41, 5.74) is 0.0538. The van der Waals surface area contributed by atoms with Crippen LogP contribution in [0, 0.1) is 23.2 Å². The number of carbonyl (C=O) groups excluding carboxylic acids is 2. The highest BCUT2D eigenvalue weighted by atomic mass is 79.9. The second-order valence-electron chi connectivity index (χ2n) is 7.57. The first-order valence-electron chi connectivity index (χ1n) is 7.84. The summed E-state index contributed by atoms with van der Waals surface area (Å²) in [5, 5.41) is 3.61. The van der Waals surface area contributed by atoms with Crippen LogP contribution in [0.25, 0.3) is 0 Å². The smallest absolute Gasteiger partial charge is 0.232 e. The molecule has 1 N–H and O–H groups in total. The Morgan fingerprint density at radius 3 is 2.48 bits per heavy atom. The normalized spacial score (nSPS) is 34.7. The molecule has 0 radical (unpaired) electrons. The summed E-state index contributed by atoms with van der Waals surface area (Å²) in [6.07, 6.45) is 1.46. The van der Waals surface area contributed by atoms with Gasteiger partial charge < -0.3 is 5.32 Å². The van der Waals surface area contributed by atoms with Crippen molar-refractivity contribution in [3.8, 4) is 0 Å². The zero-order valence-electron chi connectivity index (χ0n) is 13.8. The molecule has 3 atom stereocenters. The van der Waals surface area contributed by atoms with Crippen molar-refractivity contribution in [2.24, 2.45) is 16.2 Å². The quantitative estimate of drug-likeness (QED) is 0.731. The van der Waals surface area contributed by atoms with Crippen molar-refractivity contribution in [3.63, 3.8) is 0 Å². The summed E-state index contributed by atoms with van der Waals surface area (Å²) in [6, 6.07) is 5.48. The first-order valence-corrected chi connectivity index (χ1v) is 9.13. The van der Waals surface area contributed by atoms with Crippen LogP contribution in [0.3, 0.4) is 0 Å². The molecule has 0 aliphatic heterocycles.